The van der Waals surface area contributed by atoms with E-state index < -0.39 is 5.97 Å². The molecular weight excluding hydrogens is 188 g/mol. The molecule has 0 amide bonds. The monoisotopic (exact) mass is 204 g/mol. The fourth-order valence-electron chi connectivity index (χ4n) is 2.47. The lowest BCUT2D eigenvalue weighted by Crippen LogP contribution is -2.29. The van der Waals surface area contributed by atoms with Crippen molar-refractivity contribution in [3.05, 3.63) is 35.4 Å². The summed E-state index contributed by atoms with van der Waals surface area (Å²) in [4.78, 5) is 11.1. The molecule has 2 nitrogen and oxygen atoms in total. The Kier molecular flexibility index (Phi) is 2.29. The summed E-state index contributed by atoms with van der Waals surface area (Å²) in [7, 11) is 0. The quantitative estimate of drug-likeness (QED) is 0.763. The number of aliphatic carboxylic acids is 1. The van der Waals surface area contributed by atoms with Gasteiger partial charge in [-0.15, -0.1) is 0 Å². The maximum Gasteiger partial charge on any atom is 0.310 e. The first-order chi connectivity index (χ1) is 7.02. The number of rotatable bonds is 1. The first-order valence-corrected chi connectivity index (χ1v) is 5.34. The maximum absolute atomic E-state index is 11.1. The van der Waals surface area contributed by atoms with Crippen LogP contribution >= 0.6 is 0 Å². The number of fused-ring (bicyclic) bond motifs is 1. The van der Waals surface area contributed by atoms with Crippen LogP contribution < -0.4 is 0 Å². The molecule has 0 heterocycles. The predicted molar refractivity (Wildman–Crippen MR) is 59.1 cm³/mol. The highest BCUT2D eigenvalue weighted by molar-refractivity contribution is 5.77. The third kappa shape index (κ3) is 1.65. The molecule has 1 aliphatic rings. The van der Waals surface area contributed by atoms with Crippen molar-refractivity contribution >= 4 is 5.97 Å². The number of carboxylic acids is 1. The van der Waals surface area contributed by atoms with Crippen molar-refractivity contribution in [1.82, 2.24) is 0 Å². The van der Waals surface area contributed by atoms with E-state index >= 15 is 0 Å². The largest absolute Gasteiger partial charge is 0.481 e. The fourth-order valence-corrected chi connectivity index (χ4v) is 2.47. The fraction of sp³-hybridized carbons (Fsp3) is 0.462. The molecule has 0 aromatic heterocycles. The summed E-state index contributed by atoms with van der Waals surface area (Å²) >= 11 is 0. The molecule has 15 heavy (non-hydrogen) atoms. The van der Waals surface area contributed by atoms with Gasteiger partial charge < -0.3 is 5.11 Å². The van der Waals surface area contributed by atoms with E-state index in [4.69, 9.17) is 5.11 Å². The van der Waals surface area contributed by atoms with E-state index in [1.165, 1.54) is 5.56 Å². The van der Waals surface area contributed by atoms with Gasteiger partial charge in [-0.05, 0) is 29.4 Å². The summed E-state index contributed by atoms with van der Waals surface area (Å²) in [6, 6.07) is 7.93. The first kappa shape index (κ1) is 10.2. The van der Waals surface area contributed by atoms with Gasteiger partial charge in [0, 0.05) is 0 Å². The molecule has 1 aromatic carbocycles. The van der Waals surface area contributed by atoms with Gasteiger partial charge >= 0.3 is 5.97 Å². The third-order valence-electron chi connectivity index (χ3n) is 3.42. The molecule has 0 saturated carbocycles. The Hall–Kier alpha value is -1.31. The normalized spacial score (nSPS) is 23.2. The molecule has 0 bridgehead atoms. The van der Waals surface area contributed by atoms with Crippen molar-refractivity contribution in [3.8, 4) is 0 Å². The highest BCUT2D eigenvalue weighted by Gasteiger charge is 2.35. The summed E-state index contributed by atoms with van der Waals surface area (Å²) in [6.45, 7) is 4.37. The van der Waals surface area contributed by atoms with Gasteiger partial charge in [0.25, 0.3) is 0 Å². The molecule has 80 valence electrons. The van der Waals surface area contributed by atoms with Gasteiger partial charge in [-0.1, -0.05) is 38.1 Å². The van der Waals surface area contributed by atoms with E-state index in [2.05, 4.69) is 19.9 Å². The third-order valence-corrected chi connectivity index (χ3v) is 3.42. The summed E-state index contributed by atoms with van der Waals surface area (Å²) in [6.07, 6.45) is 1.69. The van der Waals surface area contributed by atoms with Crippen LogP contribution in [0.2, 0.25) is 0 Å². The zero-order valence-corrected chi connectivity index (χ0v) is 9.16. The summed E-state index contributed by atoms with van der Waals surface area (Å²) in [5.74, 6) is -1.01. The number of carboxylic acid groups (broad SMARTS) is 1. The van der Waals surface area contributed by atoms with Crippen LogP contribution in [0.25, 0.3) is 0 Å². The minimum atomic E-state index is -0.696. The molecule has 0 aliphatic heterocycles. The number of benzene rings is 1. The zero-order valence-electron chi connectivity index (χ0n) is 9.16. The molecule has 2 rings (SSSR count). The van der Waals surface area contributed by atoms with E-state index in [1.54, 1.807) is 0 Å². The second kappa shape index (κ2) is 3.37. The van der Waals surface area contributed by atoms with Crippen LogP contribution in [-0.2, 0) is 10.2 Å². The van der Waals surface area contributed by atoms with E-state index in [-0.39, 0.29) is 11.3 Å². The minimum Gasteiger partial charge on any atom is -0.481 e. The molecule has 0 saturated heterocycles. The van der Waals surface area contributed by atoms with Crippen molar-refractivity contribution in [1.29, 1.82) is 0 Å². The summed E-state index contributed by atoms with van der Waals surface area (Å²) in [5, 5.41) is 9.16. The predicted octanol–water partition coefficient (Wildman–Crippen LogP) is 2.93. The number of hydrogen-bond donors (Lipinski definition) is 1. The lowest BCUT2D eigenvalue weighted by molar-refractivity contribution is -0.139. The van der Waals surface area contributed by atoms with E-state index in [0.717, 1.165) is 18.4 Å². The van der Waals surface area contributed by atoms with Gasteiger partial charge in [0.2, 0.25) is 0 Å². The minimum absolute atomic E-state index is 0.114. The van der Waals surface area contributed by atoms with Crippen molar-refractivity contribution < 1.29 is 9.90 Å². The molecule has 1 aromatic rings. The van der Waals surface area contributed by atoms with E-state index in [1.807, 2.05) is 18.2 Å². The molecule has 0 fully saturated rings. The van der Waals surface area contributed by atoms with Crippen LogP contribution in [0.15, 0.2) is 24.3 Å². The molecule has 0 radical (unpaired) electrons. The zero-order chi connectivity index (χ0) is 11.1. The van der Waals surface area contributed by atoms with Gasteiger partial charge in [0.05, 0.1) is 5.92 Å². The van der Waals surface area contributed by atoms with Gasteiger partial charge in [-0.25, -0.2) is 0 Å². The molecular formula is C13H16O2. The van der Waals surface area contributed by atoms with Crippen molar-refractivity contribution in [2.75, 3.05) is 0 Å². The van der Waals surface area contributed by atoms with Crippen LogP contribution in [0.1, 0.15) is 43.7 Å². The Morgan fingerprint density at radius 3 is 2.73 bits per heavy atom. The van der Waals surface area contributed by atoms with Crippen LogP contribution in [0.4, 0.5) is 0 Å². The summed E-state index contributed by atoms with van der Waals surface area (Å²) in [5.41, 5.74) is 2.31. The lowest BCUT2D eigenvalue weighted by atomic mass is 9.69. The van der Waals surface area contributed by atoms with Crippen LogP contribution in [-0.4, -0.2) is 11.1 Å². The van der Waals surface area contributed by atoms with Gasteiger partial charge in [0.15, 0.2) is 0 Å². The highest BCUT2D eigenvalue weighted by Crippen LogP contribution is 2.42. The van der Waals surface area contributed by atoms with E-state index in [0.29, 0.717) is 0 Å². The molecule has 2 heteroatoms. The molecule has 1 N–H and O–H groups in total. The topological polar surface area (TPSA) is 37.3 Å². The second-order valence-electron chi connectivity index (χ2n) is 4.90. The van der Waals surface area contributed by atoms with Crippen molar-refractivity contribution in [2.24, 2.45) is 0 Å². The van der Waals surface area contributed by atoms with Gasteiger partial charge in [0.1, 0.15) is 0 Å². The highest BCUT2D eigenvalue weighted by atomic mass is 16.4. The van der Waals surface area contributed by atoms with Gasteiger partial charge in [-0.3, -0.25) is 4.79 Å². The Morgan fingerprint density at radius 1 is 1.40 bits per heavy atom. The average molecular weight is 204 g/mol. The van der Waals surface area contributed by atoms with Crippen molar-refractivity contribution in [2.45, 2.75) is 38.0 Å². The Labute approximate surface area is 89.9 Å². The number of hydrogen-bond acceptors (Lipinski definition) is 1. The molecule has 1 atom stereocenters. The number of carbonyl (C=O) groups is 1. The first-order valence-electron chi connectivity index (χ1n) is 5.34. The molecule has 0 unspecified atom stereocenters. The maximum atomic E-state index is 11.1. The molecule has 1 aliphatic carbocycles. The van der Waals surface area contributed by atoms with Gasteiger partial charge in [-0.2, -0.15) is 0 Å². The summed E-state index contributed by atoms with van der Waals surface area (Å²) < 4.78 is 0. The van der Waals surface area contributed by atoms with Crippen LogP contribution in [0, 0.1) is 0 Å². The van der Waals surface area contributed by atoms with E-state index in [9.17, 15) is 4.79 Å². The van der Waals surface area contributed by atoms with Crippen LogP contribution in [0.3, 0.4) is 0 Å². The lowest BCUT2D eigenvalue weighted by Gasteiger charge is -2.35. The Bertz CT molecular complexity index is 393. The SMILES string of the molecule is CC1(C)CC[C@@H](C(=O)O)c2ccccc21. The van der Waals surface area contributed by atoms with Crippen LogP contribution in [0.5, 0.6) is 0 Å². The molecule has 0 spiro atoms. The second-order valence-corrected chi connectivity index (χ2v) is 4.90. The Balaban J connectivity index is 2.53. The standard InChI is InChI=1S/C13H16O2/c1-13(2)8-7-10(12(14)15)9-5-3-4-6-11(9)13/h3-6,10H,7-8H2,1-2H3,(H,14,15)/t10-/m1/s1. The van der Waals surface area contributed by atoms with Crippen molar-refractivity contribution in [3.63, 3.8) is 0 Å². The smallest absolute Gasteiger partial charge is 0.310 e. The Morgan fingerprint density at radius 2 is 2.07 bits per heavy atom. The average Bonchev–Trinajstić information content (AvgIpc) is 2.17.